The summed E-state index contributed by atoms with van der Waals surface area (Å²) < 4.78 is 1.60. The molecule has 0 unspecified atom stereocenters. The van der Waals surface area contributed by atoms with E-state index in [0.717, 1.165) is 11.3 Å². The molecule has 3 aromatic carbocycles. The number of benzene rings is 3. The number of rotatable bonds is 5. The van der Waals surface area contributed by atoms with Crippen molar-refractivity contribution in [3.63, 3.8) is 0 Å². The Morgan fingerprint density at radius 1 is 0.967 bits per heavy atom. The van der Waals surface area contributed by atoms with Crippen LogP contribution in [0.3, 0.4) is 0 Å². The summed E-state index contributed by atoms with van der Waals surface area (Å²) in [6, 6.07) is 23.3. The lowest BCUT2D eigenvalue weighted by atomic mass is 10.1. The molecule has 148 valence electrons. The fraction of sp³-hybridized carbons (Fsp3) is 0.0455. The smallest absolute Gasteiger partial charge is 0.295 e. The lowest BCUT2D eigenvalue weighted by Gasteiger charge is -2.06. The first-order valence-electron chi connectivity index (χ1n) is 9.18. The first-order chi connectivity index (χ1) is 14.5. The van der Waals surface area contributed by atoms with Crippen LogP contribution in [0.1, 0.15) is 16.2 Å². The largest absolute Gasteiger partial charge is 0.319 e. The highest BCUT2D eigenvalue weighted by molar-refractivity contribution is 6.02. The van der Waals surface area contributed by atoms with Crippen molar-refractivity contribution in [1.82, 2.24) is 14.8 Å². The monoisotopic (exact) mass is 399 g/mol. The number of hydrogen-bond donors (Lipinski definition) is 1. The summed E-state index contributed by atoms with van der Waals surface area (Å²) in [6.45, 7) is 1.58. The molecule has 0 saturated heterocycles. The maximum Gasteiger partial charge on any atom is 0.295 e. The van der Waals surface area contributed by atoms with E-state index in [0.29, 0.717) is 17.1 Å². The number of hydrogen-bond acceptors (Lipinski definition) is 5. The molecule has 4 rings (SSSR count). The molecule has 0 fully saturated rings. The van der Waals surface area contributed by atoms with Crippen LogP contribution in [0.25, 0.3) is 17.1 Å². The average molecular weight is 399 g/mol. The number of nitro benzene ring substituents is 1. The minimum Gasteiger partial charge on any atom is -0.319 e. The van der Waals surface area contributed by atoms with E-state index in [1.54, 1.807) is 17.7 Å². The number of amides is 1. The van der Waals surface area contributed by atoms with Crippen LogP contribution in [0.5, 0.6) is 0 Å². The molecule has 8 nitrogen and oxygen atoms in total. The number of anilines is 1. The summed E-state index contributed by atoms with van der Waals surface area (Å²) >= 11 is 0. The van der Waals surface area contributed by atoms with Gasteiger partial charge in [0, 0.05) is 11.6 Å². The highest BCUT2D eigenvalue weighted by Gasteiger charge is 2.21. The summed E-state index contributed by atoms with van der Waals surface area (Å²) in [5, 5.41) is 18.2. The van der Waals surface area contributed by atoms with Crippen molar-refractivity contribution in [1.29, 1.82) is 0 Å². The number of carbonyl (C=O) groups excluding carboxylic acids is 1. The number of nitrogens with zero attached hydrogens (tertiary/aromatic N) is 4. The quantitative estimate of drug-likeness (QED) is 0.396. The van der Waals surface area contributed by atoms with Gasteiger partial charge in [0.1, 0.15) is 0 Å². The first kappa shape index (κ1) is 19.0. The van der Waals surface area contributed by atoms with E-state index in [1.807, 2.05) is 60.7 Å². The zero-order chi connectivity index (χ0) is 21.1. The van der Waals surface area contributed by atoms with E-state index >= 15 is 0 Å². The molecule has 0 radical (unpaired) electrons. The molecular formula is C22H17N5O3. The van der Waals surface area contributed by atoms with Crippen LogP contribution in [-0.2, 0) is 0 Å². The Morgan fingerprint density at radius 2 is 1.63 bits per heavy atom. The third-order valence-electron chi connectivity index (χ3n) is 4.59. The van der Waals surface area contributed by atoms with Gasteiger partial charge in [-0.05, 0) is 25.1 Å². The van der Waals surface area contributed by atoms with E-state index in [9.17, 15) is 14.9 Å². The Bertz CT molecular complexity index is 1160. The van der Waals surface area contributed by atoms with Crippen molar-refractivity contribution in [3.8, 4) is 17.1 Å². The standard InChI is InChI=1S/C22H17N5O3/c1-15-18(13-8-14-19(15)27(29)30)23-22(28)20-24-21(16-9-4-2-5-10-16)26(25-20)17-11-6-3-7-12-17/h2-14H,1H3,(H,23,28). The molecule has 0 aliphatic rings. The summed E-state index contributed by atoms with van der Waals surface area (Å²) in [5.41, 5.74) is 2.20. The average Bonchev–Trinajstić information content (AvgIpc) is 3.22. The van der Waals surface area contributed by atoms with Crippen molar-refractivity contribution in [2.75, 3.05) is 5.32 Å². The van der Waals surface area contributed by atoms with Gasteiger partial charge < -0.3 is 5.32 Å². The highest BCUT2D eigenvalue weighted by atomic mass is 16.6. The molecular weight excluding hydrogens is 382 g/mol. The van der Waals surface area contributed by atoms with Crippen LogP contribution in [0.15, 0.2) is 78.9 Å². The summed E-state index contributed by atoms with van der Waals surface area (Å²) in [5.74, 6) is -0.0724. The van der Waals surface area contributed by atoms with Gasteiger partial charge in [0.2, 0.25) is 5.82 Å². The molecule has 4 aromatic rings. The Kier molecular flexibility index (Phi) is 5.04. The van der Waals surface area contributed by atoms with E-state index in [-0.39, 0.29) is 11.5 Å². The fourth-order valence-corrected chi connectivity index (χ4v) is 3.07. The van der Waals surface area contributed by atoms with E-state index in [1.165, 1.54) is 12.1 Å². The van der Waals surface area contributed by atoms with Gasteiger partial charge in [0.15, 0.2) is 5.82 Å². The van der Waals surface area contributed by atoms with Gasteiger partial charge in [-0.1, -0.05) is 54.6 Å². The normalized spacial score (nSPS) is 10.6. The van der Waals surface area contributed by atoms with Gasteiger partial charge in [-0.3, -0.25) is 14.9 Å². The summed E-state index contributed by atoms with van der Waals surface area (Å²) in [4.78, 5) is 28.0. The minimum absolute atomic E-state index is 0.0383. The Morgan fingerprint density at radius 3 is 2.30 bits per heavy atom. The van der Waals surface area contributed by atoms with Gasteiger partial charge in [0.25, 0.3) is 11.6 Å². The fourth-order valence-electron chi connectivity index (χ4n) is 3.07. The zero-order valence-corrected chi connectivity index (χ0v) is 16.0. The molecule has 0 bridgehead atoms. The molecule has 8 heteroatoms. The lowest BCUT2D eigenvalue weighted by Crippen LogP contribution is -2.15. The molecule has 1 aromatic heterocycles. The van der Waals surface area contributed by atoms with Gasteiger partial charge in [-0.2, -0.15) is 0 Å². The molecule has 0 atom stereocenters. The number of para-hydroxylation sites is 1. The molecule has 0 saturated carbocycles. The number of nitrogens with one attached hydrogen (secondary N) is 1. The summed E-state index contributed by atoms with van der Waals surface area (Å²) in [6.07, 6.45) is 0. The second-order valence-corrected chi connectivity index (χ2v) is 6.53. The van der Waals surface area contributed by atoms with E-state index in [4.69, 9.17) is 0 Å². The predicted octanol–water partition coefficient (Wildman–Crippen LogP) is 4.40. The van der Waals surface area contributed by atoms with Gasteiger partial charge in [0.05, 0.1) is 21.9 Å². The van der Waals surface area contributed by atoms with Gasteiger partial charge >= 0.3 is 0 Å². The minimum atomic E-state index is -0.550. The van der Waals surface area contributed by atoms with Crippen molar-refractivity contribution in [3.05, 3.63) is 100 Å². The van der Waals surface area contributed by atoms with Crippen LogP contribution in [0.4, 0.5) is 11.4 Å². The maximum absolute atomic E-state index is 12.9. The van der Waals surface area contributed by atoms with Crippen LogP contribution in [0, 0.1) is 17.0 Å². The topological polar surface area (TPSA) is 103 Å². The SMILES string of the molecule is Cc1c(NC(=O)c2nc(-c3ccccc3)n(-c3ccccc3)n2)cccc1[N+](=O)[O-]. The molecule has 0 aliphatic carbocycles. The Hall–Kier alpha value is -4.33. The predicted molar refractivity (Wildman–Crippen MR) is 113 cm³/mol. The first-order valence-corrected chi connectivity index (χ1v) is 9.18. The van der Waals surface area contributed by atoms with Gasteiger partial charge in [-0.25, -0.2) is 9.67 Å². The van der Waals surface area contributed by atoms with Crippen molar-refractivity contribution in [2.24, 2.45) is 0 Å². The Balaban J connectivity index is 1.73. The van der Waals surface area contributed by atoms with Crippen molar-refractivity contribution in [2.45, 2.75) is 6.92 Å². The molecule has 30 heavy (non-hydrogen) atoms. The third-order valence-corrected chi connectivity index (χ3v) is 4.59. The summed E-state index contributed by atoms with van der Waals surface area (Å²) in [7, 11) is 0. The molecule has 1 amide bonds. The number of carbonyl (C=O) groups is 1. The molecule has 1 N–H and O–H groups in total. The van der Waals surface area contributed by atoms with Crippen molar-refractivity contribution < 1.29 is 9.72 Å². The number of aromatic nitrogens is 3. The third kappa shape index (κ3) is 3.66. The highest BCUT2D eigenvalue weighted by Crippen LogP contribution is 2.26. The van der Waals surface area contributed by atoms with Crippen LogP contribution >= 0.6 is 0 Å². The van der Waals surface area contributed by atoms with E-state index < -0.39 is 10.8 Å². The van der Waals surface area contributed by atoms with Crippen LogP contribution < -0.4 is 5.32 Å². The van der Waals surface area contributed by atoms with Crippen LogP contribution in [0.2, 0.25) is 0 Å². The lowest BCUT2D eigenvalue weighted by molar-refractivity contribution is -0.385. The number of nitro groups is 1. The van der Waals surface area contributed by atoms with Crippen LogP contribution in [-0.4, -0.2) is 25.6 Å². The zero-order valence-electron chi connectivity index (χ0n) is 16.0. The molecule has 1 heterocycles. The maximum atomic E-state index is 12.9. The second kappa shape index (κ2) is 7.96. The van der Waals surface area contributed by atoms with Gasteiger partial charge in [-0.15, -0.1) is 5.10 Å². The molecule has 0 spiro atoms. The van der Waals surface area contributed by atoms with E-state index in [2.05, 4.69) is 15.4 Å². The van der Waals surface area contributed by atoms with Crippen molar-refractivity contribution >= 4 is 17.3 Å². The molecule has 0 aliphatic heterocycles. The second-order valence-electron chi connectivity index (χ2n) is 6.53. The Labute approximate surface area is 172 Å².